The summed E-state index contributed by atoms with van der Waals surface area (Å²) in [4.78, 5) is 6.62. The molecule has 4 heteroatoms. The Hall–Kier alpha value is -0.540. The molecule has 1 aromatic heterocycles. The zero-order valence-corrected chi connectivity index (χ0v) is 10.4. The molecule has 0 amide bonds. The van der Waals surface area contributed by atoms with E-state index < -0.39 is 0 Å². The second-order valence-electron chi connectivity index (χ2n) is 3.64. The Labute approximate surface area is 97.1 Å². The maximum Gasteiger partial charge on any atom is 0.105 e. The third kappa shape index (κ3) is 4.22. The molecule has 0 saturated carbocycles. The van der Waals surface area contributed by atoms with Crippen LogP contribution in [0.1, 0.15) is 19.2 Å². The van der Waals surface area contributed by atoms with E-state index in [4.69, 9.17) is 11.6 Å². The Bertz CT molecular complexity index is 273. The Kier molecular flexibility index (Phi) is 5.73. The first-order valence-corrected chi connectivity index (χ1v) is 6.07. The van der Waals surface area contributed by atoms with Crippen LogP contribution in [0, 0.1) is 6.92 Å². The summed E-state index contributed by atoms with van der Waals surface area (Å²) in [6, 6.07) is 0. The molecule has 0 spiro atoms. The highest BCUT2D eigenvalue weighted by atomic mass is 35.5. The lowest BCUT2D eigenvalue weighted by Crippen LogP contribution is -2.28. The molecule has 1 heterocycles. The normalized spacial score (nSPS) is 11.2. The molecular formula is C11H20ClN3. The van der Waals surface area contributed by atoms with Gasteiger partial charge in [-0.25, -0.2) is 4.98 Å². The fourth-order valence-electron chi connectivity index (χ4n) is 1.60. The lowest BCUT2D eigenvalue weighted by molar-refractivity contribution is 0.276. The van der Waals surface area contributed by atoms with Crippen molar-refractivity contribution in [2.24, 2.45) is 0 Å². The van der Waals surface area contributed by atoms with E-state index in [1.807, 2.05) is 19.3 Å². The van der Waals surface area contributed by atoms with E-state index in [2.05, 4.69) is 21.4 Å². The minimum atomic E-state index is 0.751. The summed E-state index contributed by atoms with van der Waals surface area (Å²) in [7, 11) is 0. The van der Waals surface area contributed by atoms with Gasteiger partial charge in [0.15, 0.2) is 0 Å². The van der Waals surface area contributed by atoms with Crippen LogP contribution in [0.2, 0.25) is 0 Å². The molecule has 86 valence electrons. The third-order valence-corrected chi connectivity index (χ3v) is 2.90. The van der Waals surface area contributed by atoms with Gasteiger partial charge in [-0.1, -0.05) is 6.92 Å². The molecular weight excluding hydrogens is 210 g/mol. The minimum absolute atomic E-state index is 0.751. The SMILES string of the molecule is CCN(CCCCl)CCn1ccnc1C. The first-order chi connectivity index (χ1) is 7.27. The van der Waals surface area contributed by atoms with Crippen LogP contribution in [-0.4, -0.2) is 40.0 Å². The van der Waals surface area contributed by atoms with Crippen LogP contribution in [0.5, 0.6) is 0 Å². The monoisotopic (exact) mass is 229 g/mol. The van der Waals surface area contributed by atoms with Gasteiger partial charge in [0.25, 0.3) is 0 Å². The van der Waals surface area contributed by atoms with Crippen LogP contribution in [0.15, 0.2) is 12.4 Å². The van der Waals surface area contributed by atoms with Crippen LogP contribution < -0.4 is 0 Å². The molecule has 0 bridgehead atoms. The van der Waals surface area contributed by atoms with Gasteiger partial charge < -0.3 is 9.47 Å². The molecule has 1 rings (SSSR count). The van der Waals surface area contributed by atoms with Gasteiger partial charge in [-0.2, -0.15) is 0 Å². The standard InChI is InChI=1S/C11H20ClN3/c1-3-14(7-4-5-12)9-10-15-8-6-13-11(15)2/h6,8H,3-5,7,9-10H2,1-2H3. The van der Waals surface area contributed by atoms with Crippen LogP contribution in [0.25, 0.3) is 0 Å². The van der Waals surface area contributed by atoms with E-state index in [0.29, 0.717) is 0 Å². The topological polar surface area (TPSA) is 21.1 Å². The van der Waals surface area contributed by atoms with E-state index in [0.717, 1.165) is 44.3 Å². The maximum atomic E-state index is 5.69. The number of hydrogen-bond donors (Lipinski definition) is 0. The molecule has 0 aromatic carbocycles. The van der Waals surface area contributed by atoms with Crippen molar-refractivity contribution in [1.29, 1.82) is 0 Å². The zero-order chi connectivity index (χ0) is 11.1. The highest BCUT2D eigenvalue weighted by Gasteiger charge is 2.03. The maximum absolute atomic E-state index is 5.69. The van der Waals surface area contributed by atoms with Crippen LogP contribution >= 0.6 is 11.6 Å². The number of halogens is 1. The summed E-state index contributed by atoms with van der Waals surface area (Å²) in [5.74, 6) is 1.84. The Morgan fingerprint density at radius 3 is 2.80 bits per heavy atom. The van der Waals surface area contributed by atoms with Crippen LogP contribution in [0.4, 0.5) is 0 Å². The Morgan fingerprint density at radius 2 is 2.27 bits per heavy atom. The summed E-state index contributed by atoms with van der Waals surface area (Å²) in [5.41, 5.74) is 0. The number of imidazole rings is 1. The molecule has 0 unspecified atom stereocenters. The number of aryl methyl sites for hydroxylation is 1. The predicted molar refractivity (Wildman–Crippen MR) is 64.4 cm³/mol. The Balaban J connectivity index is 2.31. The number of nitrogens with zero attached hydrogens (tertiary/aromatic N) is 3. The van der Waals surface area contributed by atoms with E-state index in [-0.39, 0.29) is 0 Å². The summed E-state index contributed by atoms with van der Waals surface area (Å²) >= 11 is 5.69. The molecule has 0 fully saturated rings. The number of rotatable bonds is 7. The molecule has 1 aromatic rings. The summed E-state index contributed by atoms with van der Waals surface area (Å²) in [6.07, 6.45) is 4.95. The third-order valence-electron chi connectivity index (χ3n) is 2.64. The van der Waals surface area contributed by atoms with Crippen molar-refractivity contribution < 1.29 is 0 Å². The van der Waals surface area contributed by atoms with Crippen molar-refractivity contribution >= 4 is 11.6 Å². The average molecular weight is 230 g/mol. The molecule has 0 aliphatic heterocycles. The molecule has 0 aliphatic carbocycles. The van der Waals surface area contributed by atoms with Gasteiger partial charge >= 0.3 is 0 Å². The molecule has 0 aliphatic rings. The molecule has 0 radical (unpaired) electrons. The van der Waals surface area contributed by atoms with E-state index in [9.17, 15) is 0 Å². The van der Waals surface area contributed by atoms with E-state index in [1.165, 1.54) is 0 Å². The smallest absolute Gasteiger partial charge is 0.105 e. The summed E-state index contributed by atoms with van der Waals surface area (Å²) < 4.78 is 2.18. The second-order valence-corrected chi connectivity index (χ2v) is 4.02. The fourth-order valence-corrected chi connectivity index (χ4v) is 1.72. The van der Waals surface area contributed by atoms with Gasteiger partial charge in [0.1, 0.15) is 5.82 Å². The quantitative estimate of drug-likeness (QED) is 0.668. The predicted octanol–water partition coefficient (Wildman–Crippen LogP) is 2.14. The van der Waals surface area contributed by atoms with Crippen molar-refractivity contribution in [3.8, 4) is 0 Å². The van der Waals surface area contributed by atoms with E-state index >= 15 is 0 Å². The first-order valence-electron chi connectivity index (χ1n) is 5.54. The van der Waals surface area contributed by atoms with Gasteiger partial charge in [0.2, 0.25) is 0 Å². The molecule has 15 heavy (non-hydrogen) atoms. The van der Waals surface area contributed by atoms with Gasteiger partial charge in [-0.15, -0.1) is 11.6 Å². The summed E-state index contributed by atoms with van der Waals surface area (Å²) in [5, 5.41) is 0. The van der Waals surface area contributed by atoms with Crippen LogP contribution in [-0.2, 0) is 6.54 Å². The largest absolute Gasteiger partial charge is 0.334 e. The lowest BCUT2D eigenvalue weighted by atomic mass is 10.4. The first kappa shape index (κ1) is 12.5. The van der Waals surface area contributed by atoms with Crippen molar-refractivity contribution in [3.05, 3.63) is 18.2 Å². The lowest BCUT2D eigenvalue weighted by Gasteiger charge is -2.20. The number of alkyl halides is 1. The van der Waals surface area contributed by atoms with Gasteiger partial charge in [0.05, 0.1) is 0 Å². The van der Waals surface area contributed by atoms with Gasteiger partial charge in [-0.3, -0.25) is 0 Å². The number of likely N-dealkylation sites (N-methyl/N-ethyl adjacent to an activating group) is 1. The van der Waals surface area contributed by atoms with Gasteiger partial charge in [0, 0.05) is 31.4 Å². The fraction of sp³-hybridized carbons (Fsp3) is 0.727. The Morgan fingerprint density at radius 1 is 1.47 bits per heavy atom. The second kappa shape index (κ2) is 6.85. The number of hydrogen-bond acceptors (Lipinski definition) is 2. The van der Waals surface area contributed by atoms with Crippen molar-refractivity contribution in [2.45, 2.75) is 26.8 Å². The van der Waals surface area contributed by atoms with E-state index in [1.54, 1.807) is 0 Å². The van der Waals surface area contributed by atoms with Crippen LogP contribution in [0.3, 0.4) is 0 Å². The molecule has 0 saturated heterocycles. The molecule has 0 atom stereocenters. The average Bonchev–Trinajstić information content (AvgIpc) is 2.65. The van der Waals surface area contributed by atoms with Crippen molar-refractivity contribution in [2.75, 3.05) is 25.5 Å². The number of aromatic nitrogens is 2. The molecule has 0 N–H and O–H groups in total. The minimum Gasteiger partial charge on any atom is -0.334 e. The highest BCUT2D eigenvalue weighted by molar-refractivity contribution is 6.17. The zero-order valence-electron chi connectivity index (χ0n) is 9.62. The van der Waals surface area contributed by atoms with Gasteiger partial charge in [-0.05, 0) is 26.4 Å². The van der Waals surface area contributed by atoms with Crippen molar-refractivity contribution in [1.82, 2.24) is 14.5 Å². The highest BCUT2D eigenvalue weighted by Crippen LogP contribution is 1.98. The van der Waals surface area contributed by atoms with Crippen molar-refractivity contribution in [3.63, 3.8) is 0 Å². The summed E-state index contributed by atoms with van der Waals surface area (Å²) in [6.45, 7) is 8.50. The molecule has 3 nitrogen and oxygen atoms in total.